The van der Waals surface area contributed by atoms with Gasteiger partial charge in [0.2, 0.25) is 0 Å². The summed E-state index contributed by atoms with van der Waals surface area (Å²) in [5.41, 5.74) is 0.777. The van der Waals surface area contributed by atoms with Crippen molar-refractivity contribution >= 4 is 0 Å². The van der Waals surface area contributed by atoms with Gasteiger partial charge in [0, 0.05) is 12.6 Å². The summed E-state index contributed by atoms with van der Waals surface area (Å²) in [6.07, 6.45) is 5.90. The van der Waals surface area contributed by atoms with Gasteiger partial charge in [0.05, 0.1) is 0 Å². The summed E-state index contributed by atoms with van der Waals surface area (Å²) in [5, 5.41) is 3.51. The molecule has 1 saturated carbocycles. The van der Waals surface area contributed by atoms with Crippen molar-refractivity contribution in [2.24, 2.45) is 5.41 Å². The Morgan fingerprint density at radius 3 is 2.44 bits per heavy atom. The van der Waals surface area contributed by atoms with E-state index in [2.05, 4.69) is 12.2 Å². The molecule has 1 heterocycles. The van der Waals surface area contributed by atoms with E-state index in [-0.39, 0.29) is 0 Å². The maximum Gasteiger partial charge on any atom is 0.00447 e. The van der Waals surface area contributed by atoms with Gasteiger partial charge >= 0.3 is 0 Å². The highest BCUT2D eigenvalue weighted by atomic mass is 15.0. The lowest BCUT2D eigenvalue weighted by Crippen LogP contribution is -2.31. The standard InChI is InChI=1S/C8H15N/c1-7-5-8(6-9-7)3-2-4-8/h7,9H,2-6H2,1H3/t7-/m0/s1. The Morgan fingerprint density at radius 1 is 1.44 bits per heavy atom. The SMILES string of the molecule is C[C@H]1CC2(CCC2)CN1. The molecule has 2 fully saturated rings. The summed E-state index contributed by atoms with van der Waals surface area (Å²) >= 11 is 0. The van der Waals surface area contributed by atoms with Gasteiger partial charge in [0.25, 0.3) is 0 Å². The lowest BCUT2D eigenvalue weighted by molar-refractivity contribution is 0.159. The van der Waals surface area contributed by atoms with Gasteiger partial charge in [-0.2, -0.15) is 0 Å². The molecule has 1 aliphatic heterocycles. The number of hydrogen-bond acceptors (Lipinski definition) is 1. The van der Waals surface area contributed by atoms with Gasteiger partial charge in [0.1, 0.15) is 0 Å². The molecule has 0 bridgehead atoms. The monoisotopic (exact) mass is 125 g/mol. The van der Waals surface area contributed by atoms with Crippen molar-refractivity contribution in [1.82, 2.24) is 5.32 Å². The number of hydrogen-bond donors (Lipinski definition) is 1. The molecule has 1 aliphatic carbocycles. The Kier molecular flexibility index (Phi) is 1.10. The van der Waals surface area contributed by atoms with Crippen molar-refractivity contribution in [3.8, 4) is 0 Å². The molecule has 2 aliphatic rings. The molecule has 0 aromatic carbocycles. The lowest BCUT2D eigenvalue weighted by Gasteiger charge is -2.37. The molecule has 1 saturated heterocycles. The fraction of sp³-hybridized carbons (Fsp3) is 1.00. The van der Waals surface area contributed by atoms with Crippen molar-refractivity contribution in [2.75, 3.05) is 6.54 Å². The largest absolute Gasteiger partial charge is 0.314 e. The third kappa shape index (κ3) is 0.787. The second-order valence-corrected chi connectivity index (χ2v) is 3.84. The van der Waals surface area contributed by atoms with E-state index in [0.717, 1.165) is 11.5 Å². The van der Waals surface area contributed by atoms with Gasteiger partial charge < -0.3 is 5.32 Å². The summed E-state index contributed by atoms with van der Waals surface area (Å²) in [6.45, 7) is 3.60. The van der Waals surface area contributed by atoms with Gasteiger partial charge in [0.15, 0.2) is 0 Å². The smallest absolute Gasteiger partial charge is 0.00447 e. The van der Waals surface area contributed by atoms with Crippen LogP contribution in [0.3, 0.4) is 0 Å². The Hall–Kier alpha value is -0.0400. The Bertz CT molecular complexity index is 116. The molecule has 0 aromatic rings. The molecule has 1 spiro atoms. The highest BCUT2D eigenvalue weighted by molar-refractivity contribution is 4.97. The molecule has 0 unspecified atom stereocenters. The fourth-order valence-electron chi connectivity index (χ4n) is 2.24. The van der Waals surface area contributed by atoms with E-state index in [9.17, 15) is 0 Å². The van der Waals surface area contributed by atoms with Gasteiger partial charge in [-0.15, -0.1) is 0 Å². The average molecular weight is 125 g/mol. The highest BCUT2D eigenvalue weighted by Crippen LogP contribution is 2.46. The van der Waals surface area contributed by atoms with E-state index < -0.39 is 0 Å². The maximum atomic E-state index is 3.51. The molecule has 0 radical (unpaired) electrons. The van der Waals surface area contributed by atoms with Crippen molar-refractivity contribution in [3.63, 3.8) is 0 Å². The second-order valence-electron chi connectivity index (χ2n) is 3.84. The van der Waals surface area contributed by atoms with Crippen molar-refractivity contribution < 1.29 is 0 Å². The summed E-state index contributed by atoms with van der Waals surface area (Å²) < 4.78 is 0. The minimum atomic E-state index is 0.777. The molecule has 1 atom stereocenters. The number of nitrogens with one attached hydrogen (secondary N) is 1. The predicted octanol–water partition coefficient (Wildman–Crippen LogP) is 1.54. The van der Waals surface area contributed by atoms with Gasteiger partial charge in [-0.25, -0.2) is 0 Å². The molecule has 9 heavy (non-hydrogen) atoms. The molecule has 1 N–H and O–H groups in total. The number of rotatable bonds is 0. The maximum absolute atomic E-state index is 3.51. The first kappa shape index (κ1) is 5.72. The molecular formula is C8H15N. The van der Waals surface area contributed by atoms with E-state index in [0.29, 0.717) is 0 Å². The molecule has 0 aromatic heterocycles. The van der Waals surface area contributed by atoms with Crippen LogP contribution in [0, 0.1) is 5.41 Å². The van der Waals surface area contributed by atoms with Crippen LogP contribution in [0.15, 0.2) is 0 Å². The fourth-order valence-corrected chi connectivity index (χ4v) is 2.24. The zero-order chi connectivity index (χ0) is 6.32. The van der Waals surface area contributed by atoms with E-state index in [4.69, 9.17) is 0 Å². The summed E-state index contributed by atoms with van der Waals surface area (Å²) in [6, 6.07) is 0.797. The van der Waals surface area contributed by atoms with Crippen LogP contribution in [0.4, 0.5) is 0 Å². The topological polar surface area (TPSA) is 12.0 Å². The van der Waals surface area contributed by atoms with Gasteiger partial charge in [-0.05, 0) is 31.6 Å². The molecule has 2 rings (SSSR count). The molecule has 1 nitrogen and oxygen atoms in total. The van der Waals surface area contributed by atoms with Crippen LogP contribution in [-0.4, -0.2) is 12.6 Å². The Morgan fingerprint density at radius 2 is 2.22 bits per heavy atom. The summed E-state index contributed by atoms with van der Waals surface area (Å²) in [7, 11) is 0. The molecule has 52 valence electrons. The second kappa shape index (κ2) is 1.72. The van der Waals surface area contributed by atoms with Gasteiger partial charge in [-0.1, -0.05) is 6.42 Å². The zero-order valence-electron chi connectivity index (χ0n) is 6.11. The molecule has 0 amide bonds. The molecular weight excluding hydrogens is 110 g/mol. The molecule has 1 heteroatoms. The first-order valence-electron chi connectivity index (χ1n) is 4.04. The summed E-state index contributed by atoms with van der Waals surface area (Å²) in [5.74, 6) is 0. The van der Waals surface area contributed by atoms with Crippen LogP contribution < -0.4 is 5.32 Å². The van der Waals surface area contributed by atoms with Crippen LogP contribution in [0.5, 0.6) is 0 Å². The minimum absolute atomic E-state index is 0.777. The van der Waals surface area contributed by atoms with Crippen molar-refractivity contribution in [3.05, 3.63) is 0 Å². The van der Waals surface area contributed by atoms with Crippen LogP contribution >= 0.6 is 0 Å². The normalized spacial score (nSPS) is 39.0. The Labute approximate surface area is 56.8 Å². The highest BCUT2D eigenvalue weighted by Gasteiger charge is 2.41. The quantitative estimate of drug-likeness (QED) is 0.518. The third-order valence-corrected chi connectivity index (χ3v) is 2.98. The van der Waals surface area contributed by atoms with E-state index in [1.54, 1.807) is 0 Å². The third-order valence-electron chi connectivity index (χ3n) is 2.98. The predicted molar refractivity (Wildman–Crippen MR) is 38.4 cm³/mol. The lowest BCUT2D eigenvalue weighted by atomic mass is 9.68. The van der Waals surface area contributed by atoms with E-state index in [1.165, 1.54) is 32.2 Å². The van der Waals surface area contributed by atoms with Crippen molar-refractivity contribution in [1.29, 1.82) is 0 Å². The van der Waals surface area contributed by atoms with Crippen molar-refractivity contribution in [2.45, 2.75) is 38.6 Å². The van der Waals surface area contributed by atoms with Crippen LogP contribution in [0.1, 0.15) is 32.6 Å². The minimum Gasteiger partial charge on any atom is -0.314 e. The average Bonchev–Trinajstić information content (AvgIpc) is 2.09. The Balaban J connectivity index is 1.99. The zero-order valence-corrected chi connectivity index (χ0v) is 6.11. The van der Waals surface area contributed by atoms with Crippen LogP contribution in [0.25, 0.3) is 0 Å². The van der Waals surface area contributed by atoms with Gasteiger partial charge in [-0.3, -0.25) is 0 Å². The van der Waals surface area contributed by atoms with Crippen LogP contribution in [-0.2, 0) is 0 Å². The summed E-state index contributed by atoms with van der Waals surface area (Å²) in [4.78, 5) is 0. The van der Waals surface area contributed by atoms with E-state index >= 15 is 0 Å². The first-order chi connectivity index (χ1) is 4.31. The van der Waals surface area contributed by atoms with E-state index in [1.807, 2.05) is 0 Å². The van der Waals surface area contributed by atoms with Crippen LogP contribution in [0.2, 0.25) is 0 Å². The first-order valence-corrected chi connectivity index (χ1v) is 4.04.